The first-order valence-corrected chi connectivity index (χ1v) is 6.86. The number of carboxylic acid groups (broad SMARTS) is 2. The summed E-state index contributed by atoms with van der Waals surface area (Å²) in [4.78, 5) is 44.5. The number of carbonyl (C=O) groups is 4. The molecule has 2 heterocycles. The molecule has 2 aromatic rings. The Labute approximate surface area is 139 Å². The van der Waals surface area contributed by atoms with E-state index < -0.39 is 23.9 Å². The van der Waals surface area contributed by atoms with E-state index in [9.17, 15) is 19.2 Å². The standard InChI is InChI=1S/C15H12O10/c16-12(17)10-4-8(6-24-10)14(20)22-2-1-3-23-15(21)9-5-11(13(18)19)25-7-9/h4-7H,1-3H2,(H,16,17)(H,18,19). The summed E-state index contributed by atoms with van der Waals surface area (Å²) >= 11 is 0. The van der Waals surface area contributed by atoms with Gasteiger partial charge < -0.3 is 28.5 Å². The first-order valence-electron chi connectivity index (χ1n) is 6.86. The molecule has 2 rings (SSSR count). The van der Waals surface area contributed by atoms with Gasteiger partial charge in [-0.2, -0.15) is 0 Å². The number of esters is 2. The minimum atomic E-state index is -1.31. The van der Waals surface area contributed by atoms with Crippen molar-refractivity contribution in [1.82, 2.24) is 0 Å². The smallest absolute Gasteiger partial charge is 0.371 e. The highest BCUT2D eigenvalue weighted by Crippen LogP contribution is 2.11. The van der Waals surface area contributed by atoms with Crippen molar-refractivity contribution >= 4 is 23.9 Å². The molecule has 132 valence electrons. The van der Waals surface area contributed by atoms with Gasteiger partial charge in [0, 0.05) is 18.6 Å². The Bertz CT molecular complexity index is 731. The third kappa shape index (κ3) is 4.70. The fourth-order valence-electron chi connectivity index (χ4n) is 1.67. The van der Waals surface area contributed by atoms with Gasteiger partial charge in [-0.3, -0.25) is 0 Å². The second-order valence-corrected chi connectivity index (χ2v) is 4.63. The molecule has 10 heteroatoms. The van der Waals surface area contributed by atoms with Crippen LogP contribution in [0.2, 0.25) is 0 Å². The Morgan fingerprint density at radius 3 is 1.52 bits per heavy atom. The van der Waals surface area contributed by atoms with Crippen molar-refractivity contribution in [1.29, 1.82) is 0 Å². The molecule has 0 aliphatic carbocycles. The van der Waals surface area contributed by atoms with Crippen LogP contribution in [0.25, 0.3) is 0 Å². The summed E-state index contributed by atoms with van der Waals surface area (Å²) in [5, 5.41) is 17.3. The summed E-state index contributed by atoms with van der Waals surface area (Å²) in [5.74, 6) is -4.94. The third-order valence-corrected chi connectivity index (χ3v) is 2.85. The molecule has 0 aliphatic rings. The second kappa shape index (κ2) is 7.81. The third-order valence-electron chi connectivity index (χ3n) is 2.85. The van der Waals surface area contributed by atoms with Crippen LogP contribution in [0.1, 0.15) is 48.2 Å². The number of aromatic carboxylic acids is 2. The van der Waals surface area contributed by atoms with Crippen LogP contribution in [-0.4, -0.2) is 47.3 Å². The summed E-state index contributed by atoms with van der Waals surface area (Å²) < 4.78 is 19.0. The maximum atomic E-state index is 11.6. The van der Waals surface area contributed by atoms with Gasteiger partial charge in [0.2, 0.25) is 11.5 Å². The van der Waals surface area contributed by atoms with Crippen molar-refractivity contribution in [3.8, 4) is 0 Å². The highest BCUT2D eigenvalue weighted by atomic mass is 16.5. The van der Waals surface area contributed by atoms with Crippen molar-refractivity contribution in [2.45, 2.75) is 6.42 Å². The normalized spacial score (nSPS) is 10.2. The van der Waals surface area contributed by atoms with Crippen molar-refractivity contribution in [2.75, 3.05) is 13.2 Å². The molecule has 10 nitrogen and oxygen atoms in total. The van der Waals surface area contributed by atoms with Crippen molar-refractivity contribution < 1.29 is 47.7 Å². The molecule has 0 saturated carbocycles. The van der Waals surface area contributed by atoms with Crippen LogP contribution in [0.15, 0.2) is 33.5 Å². The number of ether oxygens (including phenoxy) is 2. The van der Waals surface area contributed by atoms with Gasteiger partial charge in [0.25, 0.3) is 0 Å². The van der Waals surface area contributed by atoms with Gasteiger partial charge in [-0.25, -0.2) is 19.2 Å². The van der Waals surface area contributed by atoms with Gasteiger partial charge in [-0.05, 0) is 0 Å². The lowest BCUT2D eigenvalue weighted by Crippen LogP contribution is -2.10. The largest absolute Gasteiger partial charge is 0.475 e. The lowest BCUT2D eigenvalue weighted by atomic mass is 10.3. The molecule has 0 amide bonds. The van der Waals surface area contributed by atoms with Gasteiger partial charge in [-0.15, -0.1) is 0 Å². The lowest BCUT2D eigenvalue weighted by molar-refractivity contribution is 0.0394. The first-order chi connectivity index (χ1) is 11.9. The van der Waals surface area contributed by atoms with Gasteiger partial charge in [0.1, 0.15) is 12.5 Å². The van der Waals surface area contributed by atoms with E-state index in [0.717, 1.165) is 24.7 Å². The molecule has 0 aromatic carbocycles. The highest BCUT2D eigenvalue weighted by molar-refractivity contribution is 5.93. The molecule has 0 fully saturated rings. The van der Waals surface area contributed by atoms with E-state index in [0.29, 0.717) is 0 Å². The van der Waals surface area contributed by atoms with Gasteiger partial charge >= 0.3 is 23.9 Å². The summed E-state index contributed by atoms with van der Waals surface area (Å²) in [7, 11) is 0. The molecule has 0 saturated heterocycles. The minimum Gasteiger partial charge on any atom is -0.475 e. The number of hydrogen-bond acceptors (Lipinski definition) is 8. The number of furan rings is 2. The van der Waals surface area contributed by atoms with Crippen LogP contribution < -0.4 is 0 Å². The second-order valence-electron chi connectivity index (χ2n) is 4.63. The van der Waals surface area contributed by atoms with Crippen molar-refractivity contribution in [3.63, 3.8) is 0 Å². The van der Waals surface area contributed by atoms with Crippen molar-refractivity contribution in [3.05, 3.63) is 47.3 Å². The Hall–Kier alpha value is -3.56. The van der Waals surface area contributed by atoms with Crippen molar-refractivity contribution in [2.24, 2.45) is 0 Å². The number of rotatable bonds is 8. The molecule has 0 radical (unpaired) electrons. The maximum absolute atomic E-state index is 11.6. The highest BCUT2D eigenvalue weighted by Gasteiger charge is 2.17. The van der Waals surface area contributed by atoms with Crippen LogP contribution >= 0.6 is 0 Å². The number of hydrogen-bond donors (Lipinski definition) is 2. The number of carboxylic acids is 2. The van der Waals surface area contributed by atoms with Gasteiger partial charge in [0.15, 0.2) is 0 Å². The molecular formula is C15H12O10. The van der Waals surface area contributed by atoms with E-state index in [-0.39, 0.29) is 42.3 Å². The molecule has 0 atom stereocenters. The summed E-state index contributed by atoms with van der Waals surface area (Å²) in [5.41, 5.74) is -0.0945. The van der Waals surface area contributed by atoms with E-state index in [1.807, 2.05) is 0 Å². The zero-order valence-electron chi connectivity index (χ0n) is 12.6. The monoisotopic (exact) mass is 352 g/mol. The maximum Gasteiger partial charge on any atom is 0.371 e. The molecule has 0 unspecified atom stereocenters. The van der Waals surface area contributed by atoms with Crippen LogP contribution in [-0.2, 0) is 9.47 Å². The van der Waals surface area contributed by atoms with Crippen LogP contribution in [0.4, 0.5) is 0 Å². The quantitative estimate of drug-likeness (QED) is 0.529. The van der Waals surface area contributed by atoms with Crippen LogP contribution in [0.5, 0.6) is 0 Å². The molecule has 25 heavy (non-hydrogen) atoms. The van der Waals surface area contributed by atoms with E-state index in [2.05, 4.69) is 8.83 Å². The average Bonchev–Trinajstić information content (AvgIpc) is 3.23. The van der Waals surface area contributed by atoms with E-state index in [1.165, 1.54) is 0 Å². The SMILES string of the molecule is O=C(OCCCOC(=O)c1coc(C(=O)O)c1)c1coc(C(=O)O)c1. The van der Waals surface area contributed by atoms with E-state index in [1.54, 1.807) is 0 Å². The molecule has 0 aliphatic heterocycles. The van der Waals surface area contributed by atoms with Crippen LogP contribution in [0, 0.1) is 0 Å². The molecule has 0 bridgehead atoms. The molecule has 0 spiro atoms. The fraction of sp³-hybridized carbons (Fsp3) is 0.200. The molecule has 2 N–H and O–H groups in total. The lowest BCUT2D eigenvalue weighted by Gasteiger charge is -2.04. The Morgan fingerprint density at radius 1 is 0.800 bits per heavy atom. The van der Waals surface area contributed by atoms with Gasteiger partial charge in [0.05, 0.1) is 24.3 Å². The summed E-state index contributed by atoms with van der Waals surface area (Å²) in [6.45, 7) is -0.156. The first kappa shape index (κ1) is 17.8. The zero-order valence-corrected chi connectivity index (χ0v) is 12.6. The van der Waals surface area contributed by atoms with E-state index >= 15 is 0 Å². The predicted octanol–water partition coefficient (Wildman–Crippen LogP) is 1.67. The minimum absolute atomic E-state index is 0.0472. The average molecular weight is 352 g/mol. The number of carbonyl (C=O) groups excluding carboxylic acids is 2. The predicted molar refractivity (Wildman–Crippen MR) is 76.5 cm³/mol. The molecular weight excluding hydrogens is 340 g/mol. The Morgan fingerprint density at radius 2 is 1.20 bits per heavy atom. The zero-order chi connectivity index (χ0) is 18.4. The van der Waals surface area contributed by atoms with Crippen LogP contribution in [0.3, 0.4) is 0 Å². The topological polar surface area (TPSA) is 153 Å². The summed E-state index contributed by atoms with van der Waals surface area (Å²) in [6.07, 6.45) is 2.11. The van der Waals surface area contributed by atoms with E-state index in [4.69, 9.17) is 19.7 Å². The fourth-order valence-corrected chi connectivity index (χ4v) is 1.67. The summed E-state index contributed by atoms with van der Waals surface area (Å²) in [6, 6.07) is 2.06. The van der Waals surface area contributed by atoms with Gasteiger partial charge in [-0.1, -0.05) is 0 Å². The molecule has 2 aromatic heterocycles. The Balaban J connectivity index is 1.70. The Kier molecular flexibility index (Phi) is 5.56.